The highest BCUT2D eigenvalue weighted by Crippen LogP contribution is 2.19. The van der Waals surface area contributed by atoms with Gasteiger partial charge in [0, 0.05) is 12.8 Å². The number of carbonyl (C=O) groups excluding carboxylic acids is 1. The Morgan fingerprint density at radius 3 is 2.16 bits per heavy atom. The number of rotatable bonds is 0. The molecule has 2 N–H and O–H groups in total. The van der Waals surface area contributed by atoms with Crippen LogP contribution in [0.15, 0.2) is 0 Å². The van der Waals surface area contributed by atoms with Crippen LogP contribution in [0.3, 0.4) is 0 Å². The second-order valence-corrected chi connectivity index (χ2v) is 6.23. The van der Waals surface area contributed by atoms with E-state index in [9.17, 15) is 15.0 Å². The maximum Gasteiger partial charge on any atom is 0.133 e. The van der Waals surface area contributed by atoms with Crippen molar-refractivity contribution >= 4 is 5.78 Å². The van der Waals surface area contributed by atoms with Gasteiger partial charge in [0.15, 0.2) is 0 Å². The first kappa shape index (κ1) is 16.6. The van der Waals surface area contributed by atoms with Gasteiger partial charge in [-0.2, -0.15) is 0 Å². The Morgan fingerprint density at radius 1 is 0.895 bits per heavy atom. The summed E-state index contributed by atoms with van der Waals surface area (Å²) in [5.41, 5.74) is 0. The van der Waals surface area contributed by atoms with Gasteiger partial charge in [-0.05, 0) is 25.2 Å². The number of aliphatic hydroxyl groups excluding tert-OH is 2. The van der Waals surface area contributed by atoms with E-state index in [1.807, 2.05) is 6.92 Å². The van der Waals surface area contributed by atoms with Gasteiger partial charge in [0.1, 0.15) is 5.78 Å². The van der Waals surface area contributed by atoms with E-state index in [4.69, 9.17) is 0 Å². The molecule has 0 radical (unpaired) electrons. The van der Waals surface area contributed by atoms with Crippen LogP contribution < -0.4 is 0 Å². The van der Waals surface area contributed by atoms with Gasteiger partial charge >= 0.3 is 0 Å². The number of hydrogen-bond acceptors (Lipinski definition) is 3. The summed E-state index contributed by atoms with van der Waals surface area (Å²) < 4.78 is 0. The minimum Gasteiger partial charge on any atom is -0.390 e. The average Bonchev–Trinajstić information content (AvgIpc) is 2.35. The molecule has 1 saturated carbocycles. The van der Waals surface area contributed by atoms with E-state index >= 15 is 0 Å². The van der Waals surface area contributed by atoms with Crippen LogP contribution >= 0.6 is 0 Å². The molecular formula is C16H30O3. The Hall–Kier alpha value is -0.410. The molecule has 0 aromatic heterocycles. The molecule has 0 amide bonds. The molecule has 0 heterocycles. The van der Waals surface area contributed by atoms with Crippen molar-refractivity contribution in [2.24, 2.45) is 5.92 Å². The predicted octanol–water partition coefficient (Wildman–Crippen LogP) is 3.22. The maximum absolute atomic E-state index is 11.8. The summed E-state index contributed by atoms with van der Waals surface area (Å²) in [5.74, 6) is 0.478. The van der Waals surface area contributed by atoms with Gasteiger partial charge in [0.25, 0.3) is 0 Å². The molecule has 3 nitrogen and oxygen atoms in total. The topological polar surface area (TPSA) is 57.5 Å². The van der Waals surface area contributed by atoms with Gasteiger partial charge in [0.05, 0.1) is 12.2 Å². The number of Topliss-reactive ketones (excluding diaryl/α,β-unsaturated/α-hetero) is 1. The zero-order chi connectivity index (χ0) is 14.1. The van der Waals surface area contributed by atoms with Crippen LogP contribution in [0.5, 0.6) is 0 Å². The van der Waals surface area contributed by atoms with Gasteiger partial charge in [-0.15, -0.1) is 0 Å². The standard InChI is InChI=1S/C16H30O3/c1-13-11-14(17)9-7-5-3-2-4-6-8-10-15(18)16(19)12-13/h13,15-16,18-19H,2-12H2,1H3. The van der Waals surface area contributed by atoms with Crippen molar-refractivity contribution in [3.05, 3.63) is 0 Å². The molecule has 3 atom stereocenters. The van der Waals surface area contributed by atoms with E-state index in [1.54, 1.807) is 0 Å². The minimum atomic E-state index is -0.673. The zero-order valence-corrected chi connectivity index (χ0v) is 12.3. The van der Waals surface area contributed by atoms with Crippen LogP contribution in [-0.2, 0) is 4.79 Å². The normalized spacial score (nSPS) is 33.4. The monoisotopic (exact) mass is 270 g/mol. The van der Waals surface area contributed by atoms with Gasteiger partial charge < -0.3 is 10.2 Å². The first-order valence-corrected chi connectivity index (χ1v) is 7.97. The van der Waals surface area contributed by atoms with Crippen LogP contribution in [0.25, 0.3) is 0 Å². The lowest BCUT2D eigenvalue weighted by Gasteiger charge is -2.21. The van der Waals surface area contributed by atoms with Crippen molar-refractivity contribution in [1.29, 1.82) is 0 Å². The summed E-state index contributed by atoms with van der Waals surface area (Å²) >= 11 is 0. The van der Waals surface area contributed by atoms with E-state index in [0.717, 1.165) is 25.7 Å². The second kappa shape index (κ2) is 9.49. The summed E-state index contributed by atoms with van der Waals surface area (Å²) in [6.45, 7) is 1.99. The molecule has 0 aliphatic heterocycles. The number of carbonyl (C=O) groups is 1. The molecule has 0 saturated heterocycles. The third-order valence-corrected chi connectivity index (χ3v) is 4.12. The number of aliphatic hydroxyl groups is 2. The van der Waals surface area contributed by atoms with E-state index < -0.39 is 12.2 Å². The number of hydrogen-bond donors (Lipinski definition) is 2. The maximum atomic E-state index is 11.8. The first-order valence-electron chi connectivity index (χ1n) is 7.97. The largest absolute Gasteiger partial charge is 0.390 e. The van der Waals surface area contributed by atoms with Crippen LogP contribution in [0.1, 0.15) is 77.6 Å². The van der Waals surface area contributed by atoms with Gasteiger partial charge in [-0.25, -0.2) is 0 Å². The van der Waals surface area contributed by atoms with Gasteiger partial charge in [-0.3, -0.25) is 4.79 Å². The van der Waals surface area contributed by atoms with Crippen molar-refractivity contribution in [1.82, 2.24) is 0 Å². The van der Waals surface area contributed by atoms with Crippen molar-refractivity contribution in [2.75, 3.05) is 0 Å². The molecule has 19 heavy (non-hydrogen) atoms. The van der Waals surface area contributed by atoms with Gasteiger partial charge in [0.2, 0.25) is 0 Å². The molecule has 1 rings (SSSR count). The van der Waals surface area contributed by atoms with E-state index in [-0.39, 0.29) is 5.92 Å². The van der Waals surface area contributed by atoms with Crippen LogP contribution in [0.2, 0.25) is 0 Å². The first-order chi connectivity index (χ1) is 9.09. The lowest BCUT2D eigenvalue weighted by Crippen LogP contribution is -2.28. The lowest BCUT2D eigenvalue weighted by molar-refractivity contribution is -0.120. The third-order valence-electron chi connectivity index (χ3n) is 4.12. The predicted molar refractivity (Wildman–Crippen MR) is 77.0 cm³/mol. The highest BCUT2D eigenvalue weighted by molar-refractivity contribution is 5.78. The van der Waals surface area contributed by atoms with Crippen LogP contribution in [-0.4, -0.2) is 28.2 Å². The fourth-order valence-electron chi connectivity index (χ4n) is 2.90. The molecule has 0 spiro atoms. The second-order valence-electron chi connectivity index (χ2n) is 6.23. The van der Waals surface area contributed by atoms with Crippen molar-refractivity contribution in [3.63, 3.8) is 0 Å². The minimum absolute atomic E-state index is 0.169. The molecule has 0 aromatic rings. The molecule has 1 aliphatic carbocycles. The zero-order valence-electron chi connectivity index (χ0n) is 12.3. The summed E-state index contributed by atoms with van der Waals surface area (Å²) in [7, 11) is 0. The molecule has 3 unspecified atom stereocenters. The highest BCUT2D eigenvalue weighted by atomic mass is 16.3. The van der Waals surface area contributed by atoms with Crippen LogP contribution in [0, 0.1) is 5.92 Å². The van der Waals surface area contributed by atoms with E-state index in [1.165, 1.54) is 19.3 Å². The summed E-state index contributed by atoms with van der Waals surface area (Å²) in [6.07, 6.45) is 9.09. The van der Waals surface area contributed by atoms with E-state index in [2.05, 4.69) is 0 Å². The fraction of sp³-hybridized carbons (Fsp3) is 0.938. The molecule has 112 valence electrons. The fourth-order valence-corrected chi connectivity index (χ4v) is 2.90. The third kappa shape index (κ3) is 7.68. The summed E-state index contributed by atoms with van der Waals surface area (Å²) in [5, 5.41) is 19.8. The Kier molecular flexibility index (Phi) is 8.31. The van der Waals surface area contributed by atoms with Gasteiger partial charge in [-0.1, -0.05) is 45.4 Å². The van der Waals surface area contributed by atoms with Crippen molar-refractivity contribution in [2.45, 2.75) is 89.8 Å². The molecular weight excluding hydrogens is 240 g/mol. The summed E-state index contributed by atoms with van der Waals surface area (Å²) in [4.78, 5) is 11.8. The van der Waals surface area contributed by atoms with Crippen molar-refractivity contribution < 1.29 is 15.0 Å². The molecule has 1 aliphatic rings. The van der Waals surface area contributed by atoms with Crippen molar-refractivity contribution in [3.8, 4) is 0 Å². The summed E-state index contributed by atoms with van der Waals surface area (Å²) in [6, 6.07) is 0. The highest BCUT2D eigenvalue weighted by Gasteiger charge is 2.20. The smallest absolute Gasteiger partial charge is 0.133 e. The Labute approximate surface area is 117 Å². The molecule has 3 heteroatoms. The van der Waals surface area contributed by atoms with Crippen LogP contribution in [0.4, 0.5) is 0 Å². The lowest BCUT2D eigenvalue weighted by atomic mass is 9.92. The molecule has 1 fully saturated rings. The Bertz CT molecular complexity index is 252. The van der Waals surface area contributed by atoms with E-state index in [0.29, 0.717) is 31.5 Å². The molecule has 0 aromatic carbocycles. The Balaban J connectivity index is 2.43. The molecule has 0 bridgehead atoms. The Morgan fingerprint density at radius 2 is 1.47 bits per heavy atom. The average molecular weight is 270 g/mol. The SMILES string of the molecule is CC1CC(=O)CCCCCCCCCC(O)C(O)C1. The number of ketones is 1. The quantitative estimate of drug-likeness (QED) is 0.710.